The molecule has 3 rings (SSSR count). The van der Waals surface area contributed by atoms with Gasteiger partial charge in [0.15, 0.2) is 0 Å². The Labute approximate surface area is 217 Å². The van der Waals surface area contributed by atoms with Gasteiger partial charge >= 0.3 is 0 Å². The summed E-state index contributed by atoms with van der Waals surface area (Å²) in [6.45, 7) is 6.62. The fourth-order valence-electron chi connectivity index (χ4n) is 3.67. The minimum absolute atomic E-state index is 0.0643. The van der Waals surface area contributed by atoms with E-state index in [1.54, 1.807) is 25.6 Å². The molecule has 0 fully saturated rings. The van der Waals surface area contributed by atoms with Crippen molar-refractivity contribution >= 4 is 47.0 Å². The van der Waals surface area contributed by atoms with E-state index in [1.165, 1.54) is 13.2 Å². The molecule has 2 aromatic carbocycles. The van der Waals surface area contributed by atoms with Crippen LogP contribution in [0.5, 0.6) is 5.75 Å². The van der Waals surface area contributed by atoms with Crippen LogP contribution < -0.4 is 25.6 Å². The lowest BCUT2D eigenvalue weighted by molar-refractivity contribution is -0.384. The van der Waals surface area contributed by atoms with Crippen LogP contribution in [0.15, 0.2) is 42.6 Å². The molecule has 198 valence electrons. The number of ether oxygens (including phenoxy) is 1. The Morgan fingerprint density at radius 1 is 1.08 bits per heavy atom. The number of aryl methyl sites for hydroxylation is 1. The molecule has 2 N–H and O–H groups in total. The van der Waals surface area contributed by atoms with Gasteiger partial charge in [0, 0.05) is 49.3 Å². The van der Waals surface area contributed by atoms with Crippen LogP contribution in [0.3, 0.4) is 0 Å². The van der Waals surface area contributed by atoms with Crippen LogP contribution in [0.4, 0.5) is 34.5 Å². The van der Waals surface area contributed by atoms with Gasteiger partial charge < -0.3 is 29.7 Å². The second kappa shape index (κ2) is 11.6. The molecule has 0 atom stereocenters. The number of rotatable bonds is 11. The smallest absolute Gasteiger partial charge is 0.294 e. The van der Waals surface area contributed by atoms with E-state index in [0.29, 0.717) is 40.5 Å². The SMILES string of the molecule is COc1cc(N(C)CCN(C)C)c([N+](=O)[O-])cc1Nc1ncc(C)c(Nc2ccccc2P(C)(C)=O)n1. The van der Waals surface area contributed by atoms with Crippen molar-refractivity contribution in [3.8, 4) is 5.75 Å². The molecule has 1 heterocycles. The first-order valence-electron chi connectivity index (χ1n) is 11.6. The number of hydrogen-bond donors (Lipinski definition) is 2. The predicted octanol–water partition coefficient (Wildman–Crippen LogP) is 4.43. The summed E-state index contributed by atoms with van der Waals surface area (Å²) in [7, 11) is 4.67. The maximum atomic E-state index is 12.8. The Hall–Kier alpha value is -3.69. The molecule has 0 bridgehead atoms. The van der Waals surface area contributed by atoms with Crippen molar-refractivity contribution in [2.45, 2.75) is 6.92 Å². The van der Waals surface area contributed by atoms with Crippen LogP contribution >= 0.6 is 7.14 Å². The summed E-state index contributed by atoms with van der Waals surface area (Å²) in [5.74, 6) is 1.16. The van der Waals surface area contributed by atoms with Gasteiger partial charge in [-0.15, -0.1) is 0 Å². The highest BCUT2D eigenvalue weighted by atomic mass is 31.2. The van der Waals surface area contributed by atoms with E-state index >= 15 is 0 Å². The Bertz CT molecular complexity index is 1330. The maximum absolute atomic E-state index is 12.8. The number of nitro groups is 1. The lowest BCUT2D eigenvalue weighted by atomic mass is 10.2. The first-order valence-corrected chi connectivity index (χ1v) is 14.3. The maximum Gasteiger partial charge on any atom is 0.294 e. The number of anilines is 5. The first-order chi connectivity index (χ1) is 17.4. The number of hydrogen-bond acceptors (Lipinski definition) is 10. The highest BCUT2D eigenvalue weighted by molar-refractivity contribution is 7.70. The Balaban J connectivity index is 1.96. The average molecular weight is 528 g/mol. The summed E-state index contributed by atoms with van der Waals surface area (Å²) in [5, 5.41) is 19.0. The lowest BCUT2D eigenvalue weighted by Crippen LogP contribution is -2.28. The first kappa shape index (κ1) is 27.9. The summed E-state index contributed by atoms with van der Waals surface area (Å²) in [4.78, 5) is 24.3. The molecule has 1 aromatic heterocycles. The Kier molecular flexibility index (Phi) is 8.73. The summed E-state index contributed by atoms with van der Waals surface area (Å²) < 4.78 is 18.3. The normalized spacial score (nSPS) is 11.4. The van der Waals surface area contributed by atoms with Gasteiger partial charge in [0.25, 0.3) is 5.69 Å². The van der Waals surface area contributed by atoms with E-state index in [1.807, 2.05) is 62.1 Å². The molecule has 0 amide bonds. The van der Waals surface area contributed by atoms with E-state index in [2.05, 4.69) is 20.6 Å². The number of nitrogens with one attached hydrogen (secondary N) is 2. The van der Waals surface area contributed by atoms with Gasteiger partial charge in [-0.2, -0.15) is 4.98 Å². The number of likely N-dealkylation sites (N-methyl/N-ethyl adjacent to an activating group) is 2. The topological polar surface area (TPSA) is 126 Å². The zero-order valence-electron chi connectivity index (χ0n) is 22.3. The molecule has 11 nitrogen and oxygen atoms in total. The molecule has 37 heavy (non-hydrogen) atoms. The highest BCUT2D eigenvalue weighted by Crippen LogP contribution is 2.40. The molecule has 0 aliphatic carbocycles. The lowest BCUT2D eigenvalue weighted by Gasteiger charge is -2.23. The quantitative estimate of drug-likeness (QED) is 0.210. The molecule has 0 aliphatic rings. The Morgan fingerprint density at radius 2 is 1.78 bits per heavy atom. The molecule has 3 aromatic rings. The van der Waals surface area contributed by atoms with Crippen molar-refractivity contribution in [2.24, 2.45) is 0 Å². The number of benzene rings is 2. The fraction of sp³-hybridized carbons (Fsp3) is 0.360. The minimum atomic E-state index is -2.53. The molecule has 0 saturated heterocycles. The molecule has 0 aliphatic heterocycles. The zero-order valence-corrected chi connectivity index (χ0v) is 23.2. The summed E-state index contributed by atoms with van der Waals surface area (Å²) >= 11 is 0. The monoisotopic (exact) mass is 527 g/mol. The summed E-state index contributed by atoms with van der Waals surface area (Å²) in [6, 6.07) is 10.5. The van der Waals surface area contributed by atoms with Gasteiger partial charge in [0.1, 0.15) is 24.4 Å². The zero-order chi connectivity index (χ0) is 27.3. The highest BCUT2D eigenvalue weighted by Gasteiger charge is 2.23. The Morgan fingerprint density at radius 3 is 2.41 bits per heavy atom. The standard InChI is InChI=1S/C25H34N7O4P/c1-17-16-26-25(29-24(17)27-18-10-8-9-11-23(18)37(6,7)35)28-19-14-21(32(33)34)20(15-22(19)36-5)31(4)13-12-30(2)3/h8-11,14-16H,12-13H2,1-7H3,(H2,26,27,28,29). The van der Waals surface area contributed by atoms with Crippen LogP contribution in [-0.2, 0) is 4.57 Å². The minimum Gasteiger partial charge on any atom is -0.494 e. The van der Waals surface area contributed by atoms with Crippen molar-refractivity contribution in [1.82, 2.24) is 14.9 Å². The van der Waals surface area contributed by atoms with Crippen molar-refractivity contribution in [1.29, 1.82) is 0 Å². The van der Waals surface area contributed by atoms with Gasteiger partial charge in [-0.25, -0.2) is 4.98 Å². The van der Waals surface area contributed by atoms with Gasteiger partial charge in [-0.3, -0.25) is 10.1 Å². The van der Waals surface area contributed by atoms with Crippen LogP contribution in [0.2, 0.25) is 0 Å². The van der Waals surface area contributed by atoms with E-state index < -0.39 is 12.1 Å². The third kappa shape index (κ3) is 6.96. The van der Waals surface area contributed by atoms with Crippen LogP contribution in [-0.4, -0.2) is 74.5 Å². The van der Waals surface area contributed by atoms with E-state index in [-0.39, 0.29) is 11.6 Å². The van der Waals surface area contributed by atoms with Crippen molar-refractivity contribution in [3.63, 3.8) is 0 Å². The number of nitrogens with zero attached hydrogens (tertiary/aromatic N) is 5. The van der Waals surface area contributed by atoms with Crippen molar-refractivity contribution in [2.75, 3.05) is 70.2 Å². The van der Waals surface area contributed by atoms with E-state index in [4.69, 9.17) is 4.74 Å². The third-order valence-corrected chi connectivity index (χ3v) is 7.29. The van der Waals surface area contributed by atoms with Crippen LogP contribution in [0, 0.1) is 17.0 Å². The average Bonchev–Trinajstić information content (AvgIpc) is 2.83. The third-order valence-electron chi connectivity index (χ3n) is 5.74. The van der Waals surface area contributed by atoms with Gasteiger partial charge in [0.2, 0.25) is 5.95 Å². The second-order valence-corrected chi connectivity index (χ2v) is 12.5. The van der Waals surface area contributed by atoms with Crippen molar-refractivity contribution in [3.05, 3.63) is 58.3 Å². The molecular weight excluding hydrogens is 493 g/mol. The van der Waals surface area contributed by atoms with Gasteiger partial charge in [-0.1, -0.05) is 12.1 Å². The number of aromatic nitrogens is 2. The molecule has 0 spiro atoms. The number of nitro benzene ring substituents is 1. The summed E-state index contributed by atoms with van der Waals surface area (Å²) in [5.41, 5.74) is 2.22. The van der Waals surface area contributed by atoms with Crippen LogP contribution in [0.1, 0.15) is 5.56 Å². The molecule has 0 radical (unpaired) electrons. The number of para-hydroxylation sites is 1. The molecule has 12 heteroatoms. The second-order valence-electron chi connectivity index (χ2n) is 9.37. The molecular formula is C25H34N7O4P. The van der Waals surface area contributed by atoms with Gasteiger partial charge in [0.05, 0.1) is 23.4 Å². The summed E-state index contributed by atoms with van der Waals surface area (Å²) in [6.07, 6.45) is 1.64. The fourth-order valence-corrected chi connectivity index (χ4v) is 4.83. The van der Waals surface area contributed by atoms with Crippen molar-refractivity contribution < 1.29 is 14.2 Å². The van der Waals surface area contributed by atoms with E-state index in [0.717, 1.165) is 12.1 Å². The van der Waals surface area contributed by atoms with E-state index in [9.17, 15) is 14.7 Å². The number of methoxy groups -OCH3 is 1. The van der Waals surface area contributed by atoms with Gasteiger partial charge in [-0.05, 0) is 46.5 Å². The largest absolute Gasteiger partial charge is 0.494 e. The molecule has 0 unspecified atom stereocenters. The molecule has 0 saturated carbocycles. The van der Waals surface area contributed by atoms with Crippen LogP contribution in [0.25, 0.3) is 0 Å². The predicted molar refractivity (Wildman–Crippen MR) is 150 cm³/mol.